The molecule has 3 rings (SSSR count). The predicted molar refractivity (Wildman–Crippen MR) is 106 cm³/mol. The van der Waals surface area contributed by atoms with E-state index >= 15 is 0 Å². The number of carboxylic acid groups (broad SMARTS) is 1. The van der Waals surface area contributed by atoms with Crippen molar-refractivity contribution in [3.05, 3.63) is 74.8 Å². The van der Waals surface area contributed by atoms with Crippen molar-refractivity contribution in [2.75, 3.05) is 0 Å². The summed E-state index contributed by atoms with van der Waals surface area (Å²) < 4.78 is 1.43. The Morgan fingerprint density at radius 2 is 1.58 bits per heavy atom. The molecule has 0 fully saturated rings. The highest BCUT2D eigenvalue weighted by atomic mass is 79.9. The monoisotopic (exact) mass is 475 g/mol. The third kappa shape index (κ3) is 3.68. The molecule has 26 heavy (non-hydrogen) atoms. The van der Waals surface area contributed by atoms with E-state index in [0.29, 0.717) is 10.3 Å². The first kappa shape index (κ1) is 18.7. The smallest absolute Gasteiger partial charge is 0.354 e. The van der Waals surface area contributed by atoms with Crippen molar-refractivity contribution in [3.8, 4) is 11.3 Å². The largest absolute Gasteiger partial charge is 0.477 e. The second kappa shape index (κ2) is 7.25. The van der Waals surface area contributed by atoms with Gasteiger partial charge >= 0.3 is 5.97 Å². The lowest BCUT2D eigenvalue weighted by Gasteiger charge is -2.24. The van der Waals surface area contributed by atoms with Gasteiger partial charge in [-0.05, 0) is 82.1 Å². The summed E-state index contributed by atoms with van der Waals surface area (Å²) in [5, 5.41) is 9.20. The van der Waals surface area contributed by atoms with Crippen LogP contribution in [0.25, 0.3) is 11.3 Å². The molecule has 0 aliphatic carbocycles. The first-order valence-corrected chi connectivity index (χ1v) is 9.38. The molecule has 0 aliphatic heterocycles. The van der Waals surface area contributed by atoms with E-state index in [1.807, 2.05) is 50.2 Å². The van der Waals surface area contributed by atoms with Crippen molar-refractivity contribution < 1.29 is 9.90 Å². The first-order valence-electron chi connectivity index (χ1n) is 7.80. The van der Waals surface area contributed by atoms with Crippen LogP contribution in [0.5, 0.6) is 0 Å². The number of halogens is 2. The van der Waals surface area contributed by atoms with Crippen molar-refractivity contribution in [3.63, 3.8) is 0 Å². The van der Waals surface area contributed by atoms with Gasteiger partial charge in [-0.25, -0.2) is 14.8 Å². The molecular formula is C19H15Br2N3O2. The molecule has 0 spiro atoms. The van der Waals surface area contributed by atoms with Gasteiger partial charge < -0.3 is 5.11 Å². The highest BCUT2D eigenvalue weighted by molar-refractivity contribution is 9.11. The SMILES string of the molecule is CC(C)(c1cccc(C(=O)O)n1)c1cccc(-c2ccc(Br)nc2Br)n1. The first-order chi connectivity index (χ1) is 12.3. The van der Waals surface area contributed by atoms with Gasteiger partial charge in [-0.2, -0.15) is 0 Å². The summed E-state index contributed by atoms with van der Waals surface area (Å²) in [5.41, 5.74) is 2.55. The summed E-state index contributed by atoms with van der Waals surface area (Å²) in [6, 6.07) is 14.5. The predicted octanol–water partition coefficient (Wildman–Crippen LogP) is 5.09. The van der Waals surface area contributed by atoms with Crippen LogP contribution in [0.15, 0.2) is 57.7 Å². The van der Waals surface area contributed by atoms with E-state index in [2.05, 4.69) is 41.8 Å². The number of aromatic nitrogens is 3. The van der Waals surface area contributed by atoms with Gasteiger partial charge in [0.2, 0.25) is 0 Å². The summed E-state index contributed by atoms with van der Waals surface area (Å²) in [6.07, 6.45) is 0. The molecule has 0 radical (unpaired) electrons. The summed E-state index contributed by atoms with van der Waals surface area (Å²) in [4.78, 5) is 24.6. The number of rotatable bonds is 4. The second-order valence-electron chi connectivity index (χ2n) is 6.22. The average Bonchev–Trinajstić information content (AvgIpc) is 2.62. The van der Waals surface area contributed by atoms with Crippen LogP contribution in [0.2, 0.25) is 0 Å². The molecule has 3 aromatic heterocycles. The van der Waals surface area contributed by atoms with E-state index in [1.54, 1.807) is 6.07 Å². The summed E-state index contributed by atoms with van der Waals surface area (Å²) in [7, 11) is 0. The number of hydrogen-bond donors (Lipinski definition) is 1. The van der Waals surface area contributed by atoms with Crippen molar-refractivity contribution >= 4 is 37.8 Å². The fraction of sp³-hybridized carbons (Fsp3) is 0.158. The molecular weight excluding hydrogens is 462 g/mol. The fourth-order valence-corrected chi connectivity index (χ4v) is 3.64. The molecule has 0 saturated carbocycles. The van der Waals surface area contributed by atoms with E-state index in [0.717, 1.165) is 21.6 Å². The third-order valence-electron chi connectivity index (χ3n) is 4.09. The maximum Gasteiger partial charge on any atom is 0.354 e. The molecule has 132 valence electrons. The number of carbonyl (C=O) groups is 1. The lowest BCUT2D eigenvalue weighted by molar-refractivity contribution is 0.0690. The van der Waals surface area contributed by atoms with Gasteiger partial charge in [0, 0.05) is 11.0 Å². The van der Waals surface area contributed by atoms with Gasteiger partial charge in [0.25, 0.3) is 0 Å². The van der Waals surface area contributed by atoms with E-state index < -0.39 is 11.4 Å². The Hall–Kier alpha value is -2.12. The average molecular weight is 477 g/mol. The Balaban J connectivity index is 2.06. The molecule has 1 N–H and O–H groups in total. The Kier molecular flexibility index (Phi) is 5.20. The molecule has 0 atom stereocenters. The molecule has 0 aliphatic rings. The van der Waals surface area contributed by atoms with Crippen LogP contribution in [0, 0.1) is 0 Å². The quantitative estimate of drug-likeness (QED) is 0.531. The van der Waals surface area contributed by atoms with Crippen molar-refractivity contribution in [2.45, 2.75) is 19.3 Å². The van der Waals surface area contributed by atoms with Gasteiger partial charge in [0.15, 0.2) is 0 Å². The molecule has 7 heteroatoms. The minimum Gasteiger partial charge on any atom is -0.477 e. The van der Waals surface area contributed by atoms with Crippen LogP contribution < -0.4 is 0 Å². The number of hydrogen-bond acceptors (Lipinski definition) is 4. The van der Waals surface area contributed by atoms with Crippen molar-refractivity contribution in [1.82, 2.24) is 15.0 Å². The number of carboxylic acids is 1. The van der Waals surface area contributed by atoms with E-state index in [9.17, 15) is 9.90 Å². The third-order valence-corrected chi connectivity index (χ3v) is 5.13. The van der Waals surface area contributed by atoms with Gasteiger partial charge in [-0.3, -0.25) is 4.98 Å². The molecule has 0 amide bonds. The molecule has 0 saturated heterocycles. The minimum atomic E-state index is -1.05. The van der Waals surface area contributed by atoms with Crippen LogP contribution in [-0.2, 0) is 5.41 Å². The Labute approximate surface area is 167 Å². The fourth-order valence-electron chi connectivity index (χ4n) is 2.57. The van der Waals surface area contributed by atoms with Crippen molar-refractivity contribution in [2.24, 2.45) is 0 Å². The topological polar surface area (TPSA) is 76.0 Å². The minimum absolute atomic E-state index is 0.0200. The number of aromatic carboxylic acids is 1. The zero-order valence-electron chi connectivity index (χ0n) is 14.1. The van der Waals surface area contributed by atoms with E-state index in [1.165, 1.54) is 6.07 Å². The van der Waals surface area contributed by atoms with Gasteiger partial charge in [0.05, 0.1) is 17.1 Å². The Bertz CT molecular complexity index is 990. The highest BCUT2D eigenvalue weighted by Crippen LogP contribution is 2.32. The van der Waals surface area contributed by atoms with Crippen LogP contribution in [0.3, 0.4) is 0 Å². The molecule has 0 bridgehead atoms. The molecule has 0 unspecified atom stereocenters. The molecule has 5 nitrogen and oxygen atoms in total. The zero-order valence-corrected chi connectivity index (χ0v) is 17.2. The summed E-state index contributed by atoms with van der Waals surface area (Å²) >= 11 is 6.82. The zero-order chi connectivity index (χ0) is 18.9. The highest BCUT2D eigenvalue weighted by Gasteiger charge is 2.27. The Morgan fingerprint density at radius 1 is 0.923 bits per heavy atom. The normalized spacial score (nSPS) is 11.4. The summed E-state index contributed by atoms with van der Waals surface area (Å²) in [6.45, 7) is 3.95. The molecule has 3 heterocycles. The summed E-state index contributed by atoms with van der Waals surface area (Å²) in [5.74, 6) is -1.05. The van der Waals surface area contributed by atoms with Crippen LogP contribution in [0.4, 0.5) is 0 Å². The maximum absolute atomic E-state index is 11.2. The lowest BCUT2D eigenvalue weighted by Crippen LogP contribution is -2.23. The standard InChI is InChI=1S/C19H15Br2N3O2/c1-19(2,15-8-4-6-13(23-15)18(25)26)14-7-3-5-12(22-14)11-9-10-16(20)24-17(11)21/h3-10H,1-2H3,(H,25,26). The van der Waals surface area contributed by atoms with E-state index in [-0.39, 0.29) is 5.69 Å². The number of nitrogens with zero attached hydrogens (tertiary/aromatic N) is 3. The number of pyridine rings is 3. The van der Waals surface area contributed by atoms with Gasteiger partial charge in [-0.15, -0.1) is 0 Å². The van der Waals surface area contributed by atoms with Gasteiger partial charge in [0.1, 0.15) is 14.9 Å². The van der Waals surface area contributed by atoms with Crippen molar-refractivity contribution in [1.29, 1.82) is 0 Å². The van der Waals surface area contributed by atoms with Crippen LogP contribution >= 0.6 is 31.9 Å². The van der Waals surface area contributed by atoms with E-state index in [4.69, 9.17) is 4.98 Å². The Morgan fingerprint density at radius 3 is 2.23 bits per heavy atom. The lowest BCUT2D eigenvalue weighted by atomic mass is 9.84. The van der Waals surface area contributed by atoms with Crippen LogP contribution in [0.1, 0.15) is 35.7 Å². The maximum atomic E-state index is 11.2. The second-order valence-corrected chi connectivity index (χ2v) is 7.78. The molecule has 0 aromatic carbocycles. The van der Waals surface area contributed by atoms with Gasteiger partial charge in [-0.1, -0.05) is 12.1 Å². The molecule has 3 aromatic rings. The van der Waals surface area contributed by atoms with Crippen LogP contribution in [-0.4, -0.2) is 26.0 Å².